The molecule has 5 nitrogen and oxygen atoms in total. The van der Waals surface area contributed by atoms with Crippen LogP contribution in [0.2, 0.25) is 0 Å². The van der Waals surface area contributed by atoms with Gasteiger partial charge in [-0.2, -0.15) is 0 Å². The second-order valence-electron chi connectivity index (χ2n) is 3.34. The zero-order chi connectivity index (χ0) is 10.4. The van der Waals surface area contributed by atoms with Crippen molar-refractivity contribution in [3.63, 3.8) is 0 Å². The van der Waals surface area contributed by atoms with Gasteiger partial charge in [0.05, 0.1) is 0 Å². The fourth-order valence-electron chi connectivity index (χ4n) is 1.00. The molecular weight excluding hydrogens is 180 g/mol. The molecule has 3 N–H and O–H groups in total. The Morgan fingerprint density at radius 2 is 2.43 bits per heavy atom. The Hall–Kier alpha value is -1.36. The minimum atomic E-state index is -0.0342. The summed E-state index contributed by atoms with van der Waals surface area (Å²) in [5.41, 5.74) is 0. The van der Waals surface area contributed by atoms with E-state index in [0.717, 1.165) is 0 Å². The third kappa shape index (κ3) is 4.04. The number of anilines is 1. The minimum absolute atomic E-state index is 0.0342. The van der Waals surface area contributed by atoms with Crippen LogP contribution in [0.4, 0.5) is 5.95 Å². The molecule has 0 unspecified atom stereocenters. The van der Waals surface area contributed by atoms with E-state index in [4.69, 9.17) is 0 Å². The molecule has 0 aliphatic rings. The Bertz CT molecular complexity index is 268. The van der Waals surface area contributed by atoms with Gasteiger partial charge >= 0.3 is 0 Å². The third-order valence-electron chi connectivity index (χ3n) is 1.66. The van der Waals surface area contributed by atoms with E-state index in [1.165, 1.54) is 0 Å². The zero-order valence-corrected chi connectivity index (χ0v) is 8.50. The molecule has 0 saturated heterocycles. The molecular formula is C9H16N4O. The largest absolute Gasteiger partial charge is 0.331 e. The van der Waals surface area contributed by atoms with Crippen molar-refractivity contribution in [2.45, 2.75) is 26.3 Å². The van der Waals surface area contributed by atoms with Gasteiger partial charge in [-0.1, -0.05) is 13.8 Å². The van der Waals surface area contributed by atoms with Gasteiger partial charge in [-0.3, -0.25) is 10.1 Å². The first-order valence-corrected chi connectivity index (χ1v) is 4.71. The van der Waals surface area contributed by atoms with E-state index in [9.17, 15) is 4.79 Å². The van der Waals surface area contributed by atoms with Gasteiger partial charge in [0.15, 0.2) is 0 Å². The monoisotopic (exact) mass is 196 g/mol. The van der Waals surface area contributed by atoms with Gasteiger partial charge in [0.25, 0.3) is 0 Å². The molecule has 1 aromatic heterocycles. The van der Waals surface area contributed by atoms with Crippen LogP contribution in [-0.4, -0.2) is 28.5 Å². The predicted octanol–water partition coefficient (Wildman–Crippen LogP) is 0.736. The molecule has 5 heteroatoms. The Kier molecular flexibility index (Phi) is 4.12. The van der Waals surface area contributed by atoms with Crippen LogP contribution in [0.25, 0.3) is 0 Å². The number of nitrogens with one attached hydrogen (secondary N) is 3. The summed E-state index contributed by atoms with van der Waals surface area (Å²) in [6.45, 7) is 4.78. The summed E-state index contributed by atoms with van der Waals surface area (Å²) in [4.78, 5) is 18.0. The van der Waals surface area contributed by atoms with Crippen LogP contribution in [0.1, 0.15) is 20.3 Å². The van der Waals surface area contributed by atoms with E-state index < -0.39 is 0 Å². The highest BCUT2D eigenvalue weighted by atomic mass is 16.1. The highest BCUT2D eigenvalue weighted by Crippen LogP contribution is 1.95. The Morgan fingerprint density at radius 1 is 1.64 bits per heavy atom. The molecule has 1 aromatic rings. The first-order chi connectivity index (χ1) is 6.68. The van der Waals surface area contributed by atoms with Crippen LogP contribution in [0.3, 0.4) is 0 Å². The van der Waals surface area contributed by atoms with E-state index in [-0.39, 0.29) is 5.91 Å². The molecule has 0 saturated carbocycles. The molecule has 0 atom stereocenters. The van der Waals surface area contributed by atoms with E-state index in [1.807, 2.05) is 13.8 Å². The number of imidazole rings is 1. The second kappa shape index (κ2) is 5.39. The normalized spacial score (nSPS) is 10.5. The van der Waals surface area contributed by atoms with Gasteiger partial charge in [0, 0.05) is 31.4 Å². The van der Waals surface area contributed by atoms with E-state index in [1.54, 1.807) is 12.4 Å². The molecule has 0 aliphatic carbocycles. The SMILES string of the molecule is CC(C)NCCC(=O)Nc1ncc[nH]1. The first kappa shape index (κ1) is 10.7. The number of hydrogen-bond donors (Lipinski definition) is 3. The first-order valence-electron chi connectivity index (χ1n) is 4.71. The van der Waals surface area contributed by atoms with E-state index in [2.05, 4.69) is 20.6 Å². The lowest BCUT2D eigenvalue weighted by molar-refractivity contribution is -0.116. The summed E-state index contributed by atoms with van der Waals surface area (Å²) in [7, 11) is 0. The van der Waals surface area contributed by atoms with Crippen molar-refractivity contribution in [2.24, 2.45) is 0 Å². The van der Waals surface area contributed by atoms with Gasteiger partial charge in [0.2, 0.25) is 11.9 Å². The van der Waals surface area contributed by atoms with Crippen LogP contribution >= 0.6 is 0 Å². The number of carbonyl (C=O) groups excluding carboxylic acids is 1. The van der Waals surface area contributed by atoms with Crippen LogP contribution in [0.5, 0.6) is 0 Å². The standard InChI is InChI=1S/C9H16N4O/c1-7(2)10-4-3-8(14)13-9-11-5-6-12-9/h5-7,10H,3-4H2,1-2H3,(H2,11,12,13,14). The highest BCUT2D eigenvalue weighted by Gasteiger charge is 2.03. The summed E-state index contributed by atoms with van der Waals surface area (Å²) in [6, 6.07) is 0.409. The molecule has 0 radical (unpaired) electrons. The Labute approximate surface area is 83.3 Å². The molecule has 78 valence electrons. The summed E-state index contributed by atoms with van der Waals surface area (Å²) >= 11 is 0. The van der Waals surface area contributed by atoms with E-state index in [0.29, 0.717) is 25.0 Å². The molecule has 14 heavy (non-hydrogen) atoms. The molecule has 0 fully saturated rings. The molecule has 1 rings (SSSR count). The third-order valence-corrected chi connectivity index (χ3v) is 1.66. The molecule has 0 spiro atoms. The van der Waals surface area contributed by atoms with Crippen molar-refractivity contribution >= 4 is 11.9 Å². The van der Waals surface area contributed by atoms with Crippen molar-refractivity contribution in [3.05, 3.63) is 12.4 Å². The summed E-state index contributed by atoms with van der Waals surface area (Å²) in [6.07, 6.45) is 3.73. The van der Waals surface area contributed by atoms with Crippen LogP contribution in [0, 0.1) is 0 Å². The highest BCUT2D eigenvalue weighted by molar-refractivity contribution is 5.88. The number of nitrogens with zero attached hydrogens (tertiary/aromatic N) is 1. The summed E-state index contributed by atoms with van der Waals surface area (Å²) in [5, 5.41) is 5.81. The van der Waals surface area contributed by atoms with Crippen molar-refractivity contribution in [2.75, 3.05) is 11.9 Å². The number of carbonyl (C=O) groups is 1. The van der Waals surface area contributed by atoms with Crippen LogP contribution < -0.4 is 10.6 Å². The van der Waals surface area contributed by atoms with Crippen molar-refractivity contribution in [3.8, 4) is 0 Å². The lowest BCUT2D eigenvalue weighted by Gasteiger charge is -2.06. The molecule has 0 bridgehead atoms. The topological polar surface area (TPSA) is 69.8 Å². The number of aromatic amines is 1. The number of amides is 1. The Balaban J connectivity index is 2.17. The van der Waals surface area contributed by atoms with Gasteiger partial charge in [0.1, 0.15) is 0 Å². The van der Waals surface area contributed by atoms with Gasteiger partial charge in [-0.05, 0) is 0 Å². The van der Waals surface area contributed by atoms with Gasteiger partial charge in [-0.15, -0.1) is 0 Å². The molecule has 1 amide bonds. The van der Waals surface area contributed by atoms with Gasteiger partial charge < -0.3 is 10.3 Å². The lowest BCUT2D eigenvalue weighted by atomic mass is 10.3. The Morgan fingerprint density at radius 3 is 3.00 bits per heavy atom. The summed E-state index contributed by atoms with van der Waals surface area (Å²) < 4.78 is 0. The average Bonchev–Trinajstić information content (AvgIpc) is 2.56. The maximum Gasteiger partial charge on any atom is 0.227 e. The van der Waals surface area contributed by atoms with Crippen molar-refractivity contribution in [1.29, 1.82) is 0 Å². The number of hydrogen-bond acceptors (Lipinski definition) is 3. The maximum absolute atomic E-state index is 11.3. The van der Waals surface area contributed by atoms with E-state index >= 15 is 0 Å². The smallest absolute Gasteiger partial charge is 0.227 e. The molecule has 0 aliphatic heterocycles. The van der Waals surface area contributed by atoms with Crippen LogP contribution in [0.15, 0.2) is 12.4 Å². The van der Waals surface area contributed by atoms with Crippen molar-refractivity contribution in [1.82, 2.24) is 15.3 Å². The fourth-order valence-corrected chi connectivity index (χ4v) is 1.00. The zero-order valence-electron chi connectivity index (χ0n) is 8.50. The summed E-state index contributed by atoms with van der Waals surface area (Å²) in [5.74, 6) is 0.465. The van der Waals surface area contributed by atoms with Crippen LogP contribution in [-0.2, 0) is 4.79 Å². The molecule has 1 heterocycles. The number of aromatic nitrogens is 2. The molecule has 0 aromatic carbocycles. The maximum atomic E-state index is 11.3. The fraction of sp³-hybridized carbons (Fsp3) is 0.556. The minimum Gasteiger partial charge on any atom is -0.331 e. The lowest BCUT2D eigenvalue weighted by Crippen LogP contribution is -2.27. The number of H-pyrrole nitrogens is 1. The number of rotatable bonds is 5. The van der Waals surface area contributed by atoms with Crippen molar-refractivity contribution < 1.29 is 4.79 Å². The average molecular weight is 196 g/mol. The second-order valence-corrected chi connectivity index (χ2v) is 3.34. The predicted molar refractivity (Wildman–Crippen MR) is 55.0 cm³/mol. The van der Waals surface area contributed by atoms with Gasteiger partial charge in [-0.25, -0.2) is 4.98 Å². The quantitative estimate of drug-likeness (QED) is 0.650.